The molecule has 82 valence electrons. The van der Waals surface area contributed by atoms with Gasteiger partial charge in [-0.3, -0.25) is 0 Å². The Morgan fingerprint density at radius 3 is 2.80 bits per heavy atom. The van der Waals surface area contributed by atoms with Crippen molar-refractivity contribution in [1.29, 1.82) is 5.26 Å². The van der Waals surface area contributed by atoms with E-state index in [2.05, 4.69) is 11.4 Å². The van der Waals surface area contributed by atoms with Gasteiger partial charge in [0.2, 0.25) is 0 Å². The van der Waals surface area contributed by atoms with Crippen LogP contribution >= 0.6 is 0 Å². The summed E-state index contributed by atoms with van der Waals surface area (Å²) in [5.74, 6) is 0. The lowest BCUT2D eigenvalue weighted by molar-refractivity contribution is 0.191. The molecule has 0 fully saturated rings. The molecule has 0 aliphatic carbocycles. The highest BCUT2D eigenvalue weighted by molar-refractivity contribution is 5.33. The topological polar surface area (TPSA) is 61.0 Å². The first-order valence-electron chi connectivity index (χ1n) is 5.00. The van der Waals surface area contributed by atoms with Crippen molar-refractivity contribution in [3.63, 3.8) is 0 Å². The number of nitrogens with one attached hydrogen (secondary N) is 1. The van der Waals surface area contributed by atoms with Gasteiger partial charge in [-0.15, -0.1) is 0 Å². The Morgan fingerprint density at radius 2 is 2.33 bits per heavy atom. The molecule has 1 atom stereocenters. The Hall–Kier alpha value is -1.31. The van der Waals surface area contributed by atoms with E-state index < -0.39 is 0 Å². The predicted octanol–water partition coefficient (Wildman–Crippen LogP) is 0.676. The van der Waals surface area contributed by atoms with Crippen LogP contribution in [-0.2, 0) is 13.6 Å². The minimum absolute atomic E-state index is 0.343. The number of hydrogen-bond donors (Lipinski definition) is 2. The zero-order valence-corrected chi connectivity index (χ0v) is 9.41. The average molecular weight is 207 g/mol. The molecule has 0 radical (unpaired) electrons. The maximum Gasteiger partial charge on any atom is 0.120 e. The van der Waals surface area contributed by atoms with Crippen LogP contribution in [0.3, 0.4) is 0 Å². The van der Waals surface area contributed by atoms with Gasteiger partial charge in [-0.1, -0.05) is 0 Å². The Balaban J connectivity index is 2.66. The lowest BCUT2D eigenvalue weighted by atomic mass is 10.2. The second kappa shape index (κ2) is 4.96. The Bertz CT molecular complexity index is 374. The Labute approximate surface area is 90.1 Å². The molecule has 1 aromatic rings. The zero-order valence-electron chi connectivity index (χ0n) is 9.41. The average Bonchev–Trinajstić information content (AvgIpc) is 2.45. The monoisotopic (exact) mass is 207 g/mol. The van der Waals surface area contributed by atoms with Crippen LogP contribution in [0.25, 0.3) is 0 Å². The summed E-state index contributed by atoms with van der Waals surface area (Å²) in [4.78, 5) is 0. The quantitative estimate of drug-likeness (QED) is 0.763. The van der Waals surface area contributed by atoms with Crippen LogP contribution in [-0.4, -0.2) is 22.3 Å². The summed E-state index contributed by atoms with van der Waals surface area (Å²) in [5, 5.41) is 21.1. The first-order chi connectivity index (χ1) is 7.06. The van der Waals surface area contributed by atoms with E-state index in [-0.39, 0.29) is 6.10 Å². The summed E-state index contributed by atoms with van der Waals surface area (Å²) in [6.45, 7) is 4.98. The molecule has 1 rings (SSSR count). The number of nitrogens with zero attached hydrogens (tertiary/aromatic N) is 2. The second-order valence-corrected chi connectivity index (χ2v) is 3.79. The van der Waals surface area contributed by atoms with Gasteiger partial charge >= 0.3 is 0 Å². The normalized spacial score (nSPS) is 12.5. The summed E-state index contributed by atoms with van der Waals surface area (Å²) < 4.78 is 1.87. The Morgan fingerprint density at radius 1 is 1.67 bits per heavy atom. The van der Waals surface area contributed by atoms with Gasteiger partial charge in [0, 0.05) is 25.8 Å². The predicted molar refractivity (Wildman–Crippen MR) is 58.3 cm³/mol. The van der Waals surface area contributed by atoms with Crippen molar-refractivity contribution in [3.05, 3.63) is 23.0 Å². The summed E-state index contributed by atoms with van der Waals surface area (Å²) in [5.41, 5.74) is 2.86. The fourth-order valence-corrected chi connectivity index (χ4v) is 1.46. The number of aliphatic hydroxyl groups is 1. The van der Waals surface area contributed by atoms with Crippen molar-refractivity contribution in [2.75, 3.05) is 6.54 Å². The molecule has 0 bridgehead atoms. The SMILES string of the molecule is Cc1c(CNC[C@H](C)O)cc(C#N)n1C. The van der Waals surface area contributed by atoms with E-state index in [1.165, 1.54) is 0 Å². The van der Waals surface area contributed by atoms with Crippen LogP contribution in [0, 0.1) is 18.3 Å². The largest absolute Gasteiger partial charge is 0.392 e. The van der Waals surface area contributed by atoms with Crippen LogP contribution in [0.4, 0.5) is 0 Å². The smallest absolute Gasteiger partial charge is 0.120 e. The lowest BCUT2D eigenvalue weighted by Gasteiger charge is -2.06. The number of aromatic nitrogens is 1. The van der Waals surface area contributed by atoms with Crippen molar-refractivity contribution in [2.45, 2.75) is 26.5 Å². The number of rotatable bonds is 4. The van der Waals surface area contributed by atoms with Crippen LogP contribution in [0.1, 0.15) is 23.9 Å². The van der Waals surface area contributed by atoms with Crippen LogP contribution in [0.2, 0.25) is 0 Å². The molecule has 15 heavy (non-hydrogen) atoms. The third-order valence-corrected chi connectivity index (χ3v) is 2.51. The molecule has 0 saturated carbocycles. The van der Waals surface area contributed by atoms with Crippen molar-refractivity contribution in [3.8, 4) is 6.07 Å². The highest BCUT2D eigenvalue weighted by Gasteiger charge is 2.07. The highest BCUT2D eigenvalue weighted by atomic mass is 16.3. The lowest BCUT2D eigenvalue weighted by Crippen LogP contribution is -2.24. The summed E-state index contributed by atoms with van der Waals surface area (Å²) >= 11 is 0. The highest BCUT2D eigenvalue weighted by Crippen LogP contribution is 2.12. The maximum absolute atomic E-state index is 9.09. The van der Waals surface area contributed by atoms with Crippen molar-refractivity contribution < 1.29 is 5.11 Å². The molecule has 2 N–H and O–H groups in total. The van der Waals surface area contributed by atoms with Gasteiger partial charge in [0.05, 0.1) is 6.10 Å². The number of hydrogen-bond acceptors (Lipinski definition) is 3. The number of nitriles is 1. The zero-order chi connectivity index (χ0) is 11.4. The molecular weight excluding hydrogens is 190 g/mol. The molecule has 0 amide bonds. The van der Waals surface area contributed by atoms with Crippen molar-refractivity contribution in [1.82, 2.24) is 9.88 Å². The minimum atomic E-state index is -0.343. The van der Waals surface area contributed by atoms with E-state index in [0.717, 1.165) is 11.3 Å². The first kappa shape index (κ1) is 11.8. The van der Waals surface area contributed by atoms with Gasteiger partial charge in [-0.2, -0.15) is 5.26 Å². The standard InChI is InChI=1S/C11H17N3O/c1-8(15)6-13-7-10-4-11(5-12)14(3)9(10)2/h4,8,13,15H,6-7H2,1-3H3/t8-/m0/s1. The van der Waals surface area contributed by atoms with E-state index >= 15 is 0 Å². The second-order valence-electron chi connectivity index (χ2n) is 3.79. The van der Waals surface area contributed by atoms with Crippen LogP contribution in [0.5, 0.6) is 0 Å². The maximum atomic E-state index is 9.09. The summed E-state index contributed by atoms with van der Waals surface area (Å²) in [6.07, 6.45) is -0.343. The van der Waals surface area contributed by atoms with Crippen LogP contribution in [0.15, 0.2) is 6.07 Å². The van der Waals surface area contributed by atoms with E-state index in [4.69, 9.17) is 10.4 Å². The third kappa shape index (κ3) is 2.82. The van der Waals surface area contributed by atoms with E-state index in [1.807, 2.05) is 24.6 Å². The molecule has 0 saturated heterocycles. The van der Waals surface area contributed by atoms with Gasteiger partial charge < -0.3 is 15.0 Å². The summed E-state index contributed by atoms with van der Waals surface area (Å²) in [7, 11) is 1.88. The van der Waals surface area contributed by atoms with Gasteiger partial charge in [0.15, 0.2) is 0 Å². The Kier molecular flexibility index (Phi) is 3.89. The van der Waals surface area contributed by atoms with Gasteiger partial charge in [-0.05, 0) is 25.5 Å². The molecular formula is C11H17N3O. The first-order valence-corrected chi connectivity index (χ1v) is 5.00. The molecule has 4 nitrogen and oxygen atoms in total. The molecule has 0 unspecified atom stereocenters. The van der Waals surface area contributed by atoms with Gasteiger partial charge in [0.25, 0.3) is 0 Å². The molecule has 0 aromatic carbocycles. The molecule has 4 heteroatoms. The summed E-state index contributed by atoms with van der Waals surface area (Å²) in [6, 6.07) is 4.02. The molecule has 0 spiro atoms. The fourth-order valence-electron chi connectivity index (χ4n) is 1.46. The third-order valence-electron chi connectivity index (χ3n) is 2.51. The van der Waals surface area contributed by atoms with Crippen molar-refractivity contribution >= 4 is 0 Å². The molecule has 0 aliphatic heterocycles. The van der Waals surface area contributed by atoms with Crippen molar-refractivity contribution in [2.24, 2.45) is 7.05 Å². The number of aliphatic hydroxyl groups excluding tert-OH is 1. The van der Waals surface area contributed by atoms with Gasteiger partial charge in [0.1, 0.15) is 11.8 Å². The van der Waals surface area contributed by atoms with E-state index in [1.54, 1.807) is 6.92 Å². The molecule has 1 aromatic heterocycles. The minimum Gasteiger partial charge on any atom is -0.392 e. The fraction of sp³-hybridized carbons (Fsp3) is 0.545. The molecule has 0 aliphatic rings. The van der Waals surface area contributed by atoms with E-state index in [0.29, 0.717) is 18.8 Å². The van der Waals surface area contributed by atoms with Crippen LogP contribution < -0.4 is 5.32 Å². The van der Waals surface area contributed by atoms with Gasteiger partial charge in [-0.25, -0.2) is 0 Å². The van der Waals surface area contributed by atoms with E-state index in [9.17, 15) is 0 Å². The molecule has 1 heterocycles.